The van der Waals surface area contributed by atoms with Gasteiger partial charge in [-0.15, -0.1) is 0 Å². The molecule has 2 aliphatic carbocycles. The zero-order chi connectivity index (χ0) is 11.8. The second-order valence-corrected chi connectivity index (χ2v) is 5.50. The molecule has 0 spiro atoms. The summed E-state index contributed by atoms with van der Waals surface area (Å²) in [7, 11) is 0. The maximum absolute atomic E-state index is 5.76. The van der Waals surface area contributed by atoms with Crippen molar-refractivity contribution in [3.8, 4) is 0 Å². The molecule has 0 saturated heterocycles. The van der Waals surface area contributed by atoms with Crippen LogP contribution in [-0.2, 0) is 0 Å². The fourth-order valence-electron chi connectivity index (χ4n) is 2.23. The number of thiocarbonyl (C=S) groups is 1. The molecule has 3 rings (SSSR count). The molecule has 3 nitrogen and oxygen atoms in total. The van der Waals surface area contributed by atoms with E-state index in [1.807, 2.05) is 6.07 Å². The van der Waals surface area contributed by atoms with Gasteiger partial charge in [-0.05, 0) is 43.7 Å². The molecule has 1 heterocycles. The third kappa shape index (κ3) is 2.41. The number of pyridine rings is 1. The monoisotopic (exact) mass is 247 g/mol. The van der Waals surface area contributed by atoms with Gasteiger partial charge in [-0.3, -0.25) is 4.98 Å². The summed E-state index contributed by atoms with van der Waals surface area (Å²) in [5.74, 6) is 0.870. The third-order valence-corrected chi connectivity index (χ3v) is 3.66. The zero-order valence-corrected chi connectivity index (χ0v) is 10.6. The molecule has 0 atom stereocenters. The average Bonchev–Trinajstić information content (AvgIpc) is 3.17. The molecule has 4 heteroatoms. The Morgan fingerprint density at radius 1 is 1.41 bits per heavy atom. The summed E-state index contributed by atoms with van der Waals surface area (Å²) >= 11 is 5.09. The summed E-state index contributed by atoms with van der Waals surface area (Å²) < 4.78 is 0. The van der Waals surface area contributed by atoms with Crippen molar-refractivity contribution in [1.29, 1.82) is 0 Å². The quantitative estimate of drug-likeness (QED) is 0.809. The minimum absolute atomic E-state index is 0.405. The second-order valence-electron chi connectivity index (χ2n) is 5.06. The molecule has 1 aromatic heterocycles. The highest BCUT2D eigenvalue weighted by Gasteiger charge is 2.35. The summed E-state index contributed by atoms with van der Waals surface area (Å²) in [6, 6.07) is 4.76. The number of aromatic nitrogens is 1. The summed E-state index contributed by atoms with van der Waals surface area (Å²) in [5, 5.41) is 0. The molecule has 17 heavy (non-hydrogen) atoms. The first kappa shape index (κ1) is 11.0. The van der Waals surface area contributed by atoms with Gasteiger partial charge in [-0.1, -0.05) is 12.2 Å². The molecule has 0 aliphatic heterocycles. The van der Waals surface area contributed by atoms with Crippen LogP contribution in [0.5, 0.6) is 0 Å². The number of rotatable bonds is 5. The molecular weight excluding hydrogens is 230 g/mol. The van der Waals surface area contributed by atoms with Gasteiger partial charge in [0.25, 0.3) is 0 Å². The molecule has 2 saturated carbocycles. The van der Waals surface area contributed by atoms with Crippen molar-refractivity contribution in [2.24, 2.45) is 11.7 Å². The Morgan fingerprint density at radius 2 is 2.18 bits per heavy atom. The van der Waals surface area contributed by atoms with Crippen LogP contribution in [0.1, 0.15) is 31.4 Å². The molecule has 90 valence electrons. The highest BCUT2D eigenvalue weighted by atomic mass is 32.1. The number of anilines is 1. The lowest BCUT2D eigenvalue weighted by molar-refractivity contribution is 0.717. The van der Waals surface area contributed by atoms with Crippen molar-refractivity contribution in [1.82, 2.24) is 4.98 Å². The first-order chi connectivity index (χ1) is 8.25. The van der Waals surface area contributed by atoms with E-state index >= 15 is 0 Å². The van der Waals surface area contributed by atoms with E-state index in [-0.39, 0.29) is 0 Å². The fraction of sp³-hybridized carbons (Fsp3) is 0.538. The van der Waals surface area contributed by atoms with E-state index in [4.69, 9.17) is 18.0 Å². The van der Waals surface area contributed by atoms with Gasteiger partial charge in [-0.25, -0.2) is 0 Å². The van der Waals surface area contributed by atoms with E-state index in [1.165, 1.54) is 25.7 Å². The Hall–Kier alpha value is -1.16. The van der Waals surface area contributed by atoms with Gasteiger partial charge in [0.05, 0.1) is 5.69 Å². The molecule has 0 aromatic carbocycles. The molecule has 1 aromatic rings. The van der Waals surface area contributed by atoms with Crippen LogP contribution in [-0.4, -0.2) is 22.6 Å². The molecule has 0 amide bonds. The number of hydrogen-bond acceptors (Lipinski definition) is 3. The first-order valence-corrected chi connectivity index (χ1v) is 6.68. The molecule has 0 unspecified atom stereocenters. The largest absolute Gasteiger partial charge is 0.388 e. The lowest BCUT2D eigenvalue weighted by Gasteiger charge is -2.26. The van der Waals surface area contributed by atoms with Gasteiger partial charge >= 0.3 is 0 Å². The lowest BCUT2D eigenvalue weighted by Crippen LogP contribution is -2.30. The standard InChI is InChI=1S/C13H17N3S/c14-13(17)12-11(2-1-7-15-12)16(10-5-6-10)8-9-3-4-9/h1-2,7,9-10H,3-6,8H2,(H2,14,17). The van der Waals surface area contributed by atoms with Crippen LogP contribution in [0.2, 0.25) is 0 Å². The van der Waals surface area contributed by atoms with Crippen molar-refractivity contribution in [3.05, 3.63) is 24.0 Å². The minimum atomic E-state index is 0.405. The van der Waals surface area contributed by atoms with Crippen molar-refractivity contribution >= 4 is 22.9 Å². The topological polar surface area (TPSA) is 42.1 Å². The molecular formula is C13H17N3S. The maximum Gasteiger partial charge on any atom is 0.124 e. The number of hydrogen-bond donors (Lipinski definition) is 1. The molecule has 2 N–H and O–H groups in total. The Bertz CT molecular complexity index is 438. The van der Waals surface area contributed by atoms with Crippen LogP contribution in [0.15, 0.2) is 18.3 Å². The summed E-state index contributed by atoms with van der Waals surface area (Å²) in [6.45, 7) is 1.14. The van der Waals surface area contributed by atoms with Gasteiger partial charge < -0.3 is 10.6 Å². The fourth-order valence-corrected chi connectivity index (χ4v) is 2.38. The van der Waals surface area contributed by atoms with Crippen LogP contribution in [0.4, 0.5) is 5.69 Å². The zero-order valence-electron chi connectivity index (χ0n) is 9.80. The van der Waals surface area contributed by atoms with Crippen molar-refractivity contribution < 1.29 is 0 Å². The van der Waals surface area contributed by atoms with Gasteiger partial charge in [0.1, 0.15) is 10.7 Å². The van der Waals surface area contributed by atoms with E-state index < -0.39 is 0 Å². The van der Waals surface area contributed by atoms with E-state index in [2.05, 4.69) is 16.0 Å². The SMILES string of the molecule is NC(=S)c1ncccc1N(CC1CC1)C1CC1. The van der Waals surface area contributed by atoms with Gasteiger partial charge in [0.15, 0.2) is 0 Å². The van der Waals surface area contributed by atoms with Gasteiger partial charge in [0, 0.05) is 18.8 Å². The minimum Gasteiger partial charge on any atom is -0.388 e. The van der Waals surface area contributed by atoms with Crippen LogP contribution < -0.4 is 10.6 Å². The Kier molecular flexibility index (Phi) is 2.74. The predicted octanol–water partition coefficient (Wildman–Crippen LogP) is 2.09. The molecule has 0 radical (unpaired) electrons. The van der Waals surface area contributed by atoms with Crippen molar-refractivity contribution in [2.45, 2.75) is 31.7 Å². The Balaban J connectivity index is 1.90. The number of nitrogens with zero attached hydrogens (tertiary/aromatic N) is 2. The predicted molar refractivity (Wildman–Crippen MR) is 73.2 cm³/mol. The highest BCUT2D eigenvalue weighted by Crippen LogP contribution is 2.38. The van der Waals surface area contributed by atoms with E-state index in [9.17, 15) is 0 Å². The Labute approximate surface area is 107 Å². The normalized spacial score (nSPS) is 19.1. The van der Waals surface area contributed by atoms with Crippen LogP contribution in [0.3, 0.4) is 0 Å². The smallest absolute Gasteiger partial charge is 0.124 e. The van der Waals surface area contributed by atoms with Crippen molar-refractivity contribution in [2.75, 3.05) is 11.4 Å². The van der Waals surface area contributed by atoms with E-state index in [0.717, 1.165) is 23.8 Å². The van der Waals surface area contributed by atoms with Gasteiger partial charge in [0.2, 0.25) is 0 Å². The van der Waals surface area contributed by atoms with E-state index in [0.29, 0.717) is 11.0 Å². The second kappa shape index (κ2) is 4.26. The summed E-state index contributed by atoms with van der Waals surface area (Å²) in [5.41, 5.74) is 7.68. The number of nitrogens with two attached hydrogens (primary N) is 1. The highest BCUT2D eigenvalue weighted by molar-refractivity contribution is 7.80. The summed E-state index contributed by atoms with van der Waals surface area (Å²) in [6.07, 6.45) is 7.08. The molecule has 2 aliphatic rings. The van der Waals surface area contributed by atoms with Crippen LogP contribution >= 0.6 is 12.2 Å². The lowest BCUT2D eigenvalue weighted by atomic mass is 10.2. The average molecular weight is 247 g/mol. The first-order valence-electron chi connectivity index (χ1n) is 6.27. The molecule has 2 fully saturated rings. The molecule has 0 bridgehead atoms. The van der Waals surface area contributed by atoms with E-state index in [1.54, 1.807) is 6.20 Å². The summed E-state index contributed by atoms with van der Waals surface area (Å²) in [4.78, 5) is 7.21. The van der Waals surface area contributed by atoms with Crippen LogP contribution in [0, 0.1) is 5.92 Å². The van der Waals surface area contributed by atoms with Gasteiger partial charge in [-0.2, -0.15) is 0 Å². The third-order valence-electron chi connectivity index (χ3n) is 3.47. The maximum atomic E-state index is 5.76. The van der Waals surface area contributed by atoms with Crippen molar-refractivity contribution in [3.63, 3.8) is 0 Å². The Morgan fingerprint density at radius 3 is 2.76 bits per heavy atom. The van der Waals surface area contributed by atoms with Crippen LogP contribution in [0.25, 0.3) is 0 Å².